The van der Waals surface area contributed by atoms with Crippen LogP contribution in [0.15, 0.2) is 27.1 Å². The van der Waals surface area contributed by atoms with Gasteiger partial charge in [0, 0.05) is 21.0 Å². The largest absolute Gasteiger partial charge is 0.348 e. The highest BCUT2D eigenvalue weighted by Gasteiger charge is 2.24. The van der Waals surface area contributed by atoms with Gasteiger partial charge in [-0.2, -0.15) is 0 Å². The van der Waals surface area contributed by atoms with Gasteiger partial charge >= 0.3 is 0 Å². The van der Waals surface area contributed by atoms with E-state index in [-0.39, 0.29) is 18.0 Å². The first-order valence-electron chi connectivity index (χ1n) is 6.09. The zero-order valence-electron chi connectivity index (χ0n) is 9.96. The van der Waals surface area contributed by atoms with Crippen molar-refractivity contribution in [3.63, 3.8) is 0 Å². The Hall–Kier alpha value is -0.390. The van der Waals surface area contributed by atoms with Crippen LogP contribution in [-0.2, 0) is 0 Å². The minimum Gasteiger partial charge on any atom is -0.348 e. The quantitative estimate of drug-likeness (QED) is 0.833. The van der Waals surface area contributed by atoms with Crippen molar-refractivity contribution >= 4 is 37.8 Å². The zero-order chi connectivity index (χ0) is 13.1. The van der Waals surface area contributed by atoms with Crippen LogP contribution in [0.1, 0.15) is 36.0 Å². The van der Waals surface area contributed by atoms with E-state index in [0.717, 1.165) is 34.6 Å². The van der Waals surface area contributed by atoms with E-state index in [1.807, 2.05) is 18.2 Å². The molecule has 1 aromatic rings. The summed E-state index contributed by atoms with van der Waals surface area (Å²) < 4.78 is 1.69. The van der Waals surface area contributed by atoms with Crippen molar-refractivity contribution in [1.82, 2.24) is 5.32 Å². The second kappa shape index (κ2) is 6.17. The molecule has 0 heterocycles. The van der Waals surface area contributed by atoms with Crippen LogP contribution in [-0.4, -0.2) is 18.0 Å². The monoisotopic (exact) mass is 374 g/mol. The van der Waals surface area contributed by atoms with E-state index in [2.05, 4.69) is 37.2 Å². The number of carbonyl (C=O) groups is 1. The molecule has 1 fully saturated rings. The van der Waals surface area contributed by atoms with Gasteiger partial charge in [-0.05, 0) is 47.0 Å². The zero-order valence-corrected chi connectivity index (χ0v) is 13.1. The van der Waals surface area contributed by atoms with Crippen LogP contribution in [0.25, 0.3) is 0 Å². The molecule has 0 radical (unpaired) electrons. The molecule has 0 aromatic heterocycles. The molecule has 0 bridgehead atoms. The van der Waals surface area contributed by atoms with Gasteiger partial charge < -0.3 is 11.1 Å². The fraction of sp³-hybridized carbons (Fsp3) is 0.462. The SMILES string of the molecule is N[C@@H]1CCCC[C@H]1NC(=O)c1cc(Br)ccc1Br. The Morgan fingerprint density at radius 3 is 2.72 bits per heavy atom. The molecule has 0 spiro atoms. The van der Waals surface area contributed by atoms with Gasteiger partial charge in [-0.1, -0.05) is 28.8 Å². The molecule has 0 unspecified atom stereocenters. The minimum atomic E-state index is -0.0643. The van der Waals surface area contributed by atoms with Crippen molar-refractivity contribution < 1.29 is 4.79 Å². The molecule has 98 valence electrons. The van der Waals surface area contributed by atoms with E-state index in [4.69, 9.17) is 5.73 Å². The van der Waals surface area contributed by atoms with Gasteiger partial charge in [-0.25, -0.2) is 0 Å². The normalized spacial score (nSPS) is 23.7. The summed E-state index contributed by atoms with van der Waals surface area (Å²) in [5, 5.41) is 3.04. The molecule has 1 aliphatic rings. The predicted octanol–water partition coefficient (Wildman–Crippen LogP) is 3.21. The molecule has 18 heavy (non-hydrogen) atoms. The molecule has 1 amide bonds. The van der Waals surface area contributed by atoms with Crippen LogP contribution < -0.4 is 11.1 Å². The number of benzene rings is 1. The van der Waals surface area contributed by atoms with Gasteiger partial charge in [0.15, 0.2) is 0 Å². The molecule has 0 aliphatic heterocycles. The molecule has 2 rings (SSSR count). The second-order valence-corrected chi connectivity index (χ2v) is 6.42. The lowest BCUT2D eigenvalue weighted by atomic mass is 9.91. The van der Waals surface area contributed by atoms with E-state index in [0.29, 0.717) is 5.56 Å². The third kappa shape index (κ3) is 3.33. The summed E-state index contributed by atoms with van der Waals surface area (Å²) in [5.74, 6) is -0.0643. The van der Waals surface area contributed by atoms with Crippen LogP contribution in [0.5, 0.6) is 0 Å². The molecular formula is C13H16Br2N2O. The third-order valence-corrected chi connectivity index (χ3v) is 4.49. The summed E-state index contributed by atoms with van der Waals surface area (Å²) in [6.45, 7) is 0. The van der Waals surface area contributed by atoms with Gasteiger partial charge in [-0.15, -0.1) is 0 Å². The molecule has 0 saturated heterocycles. The summed E-state index contributed by atoms with van der Waals surface area (Å²) in [6.07, 6.45) is 4.26. The average Bonchev–Trinajstić information content (AvgIpc) is 2.35. The molecule has 1 aromatic carbocycles. The van der Waals surface area contributed by atoms with Crippen molar-refractivity contribution in [2.24, 2.45) is 5.73 Å². The van der Waals surface area contributed by atoms with Crippen LogP contribution >= 0.6 is 31.9 Å². The summed E-state index contributed by atoms with van der Waals surface area (Å²) in [6, 6.07) is 5.74. The molecule has 3 N–H and O–H groups in total. The Morgan fingerprint density at radius 1 is 1.28 bits per heavy atom. The summed E-state index contributed by atoms with van der Waals surface area (Å²) >= 11 is 6.77. The number of rotatable bonds is 2. The van der Waals surface area contributed by atoms with Gasteiger partial charge in [0.1, 0.15) is 0 Å². The number of amides is 1. The molecular weight excluding hydrogens is 360 g/mol. The number of nitrogens with one attached hydrogen (secondary N) is 1. The van der Waals surface area contributed by atoms with E-state index >= 15 is 0 Å². The van der Waals surface area contributed by atoms with E-state index in [9.17, 15) is 4.79 Å². The number of hydrogen-bond donors (Lipinski definition) is 2. The van der Waals surface area contributed by atoms with Gasteiger partial charge in [0.2, 0.25) is 0 Å². The number of halogens is 2. The lowest BCUT2D eigenvalue weighted by molar-refractivity contribution is 0.0920. The maximum atomic E-state index is 12.2. The van der Waals surface area contributed by atoms with E-state index < -0.39 is 0 Å². The maximum Gasteiger partial charge on any atom is 0.252 e. The topological polar surface area (TPSA) is 55.1 Å². The fourth-order valence-electron chi connectivity index (χ4n) is 2.26. The summed E-state index contributed by atoms with van der Waals surface area (Å²) in [7, 11) is 0. The molecule has 2 atom stereocenters. The van der Waals surface area contributed by atoms with Crippen molar-refractivity contribution in [2.75, 3.05) is 0 Å². The number of carbonyl (C=O) groups excluding carboxylic acids is 1. The summed E-state index contributed by atoms with van der Waals surface area (Å²) in [5.41, 5.74) is 6.68. The Labute approximate surface area is 124 Å². The van der Waals surface area contributed by atoms with Gasteiger partial charge in [0.25, 0.3) is 5.91 Å². The third-order valence-electron chi connectivity index (χ3n) is 3.31. The number of nitrogens with two attached hydrogens (primary N) is 1. The molecule has 5 heteroatoms. The van der Waals surface area contributed by atoms with Crippen LogP contribution in [0, 0.1) is 0 Å². The Balaban J connectivity index is 2.09. The highest BCUT2D eigenvalue weighted by molar-refractivity contribution is 9.11. The smallest absolute Gasteiger partial charge is 0.252 e. The van der Waals surface area contributed by atoms with Gasteiger partial charge in [-0.3, -0.25) is 4.79 Å². The fourth-order valence-corrected chi connectivity index (χ4v) is 3.04. The average molecular weight is 376 g/mol. The molecule has 1 aliphatic carbocycles. The Morgan fingerprint density at radius 2 is 2.00 bits per heavy atom. The van der Waals surface area contributed by atoms with Crippen molar-refractivity contribution in [1.29, 1.82) is 0 Å². The maximum absolute atomic E-state index is 12.2. The first-order chi connectivity index (χ1) is 8.58. The van der Waals surface area contributed by atoms with Crippen LogP contribution in [0.3, 0.4) is 0 Å². The molecule has 1 saturated carbocycles. The molecule has 3 nitrogen and oxygen atoms in total. The Bertz CT molecular complexity index is 451. The van der Waals surface area contributed by atoms with Crippen molar-refractivity contribution in [3.8, 4) is 0 Å². The van der Waals surface area contributed by atoms with Crippen LogP contribution in [0.4, 0.5) is 0 Å². The van der Waals surface area contributed by atoms with E-state index in [1.54, 1.807) is 0 Å². The lowest BCUT2D eigenvalue weighted by Gasteiger charge is -2.29. The lowest BCUT2D eigenvalue weighted by Crippen LogP contribution is -2.49. The van der Waals surface area contributed by atoms with E-state index in [1.165, 1.54) is 0 Å². The second-order valence-electron chi connectivity index (χ2n) is 4.65. The standard InChI is InChI=1S/C13H16Br2N2O/c14-8-5-6-10(15)9(7-8)13(18)17-12-4-2-1-3-11(12)16/h5-7,11-12H,1-4,16H2,(H,17,18)/t11-,12-/m1/s1. The summed E-state index contributed by atoms with van der Waals surface area (Å²) in [4.78, 5) is 12.2. The first-order valence-corrected chi connectivity index (χ1v) is 7.68. The highest BCUT2D eigenvalue weighted by Crippen LogP contribution is 2.23. The van der Waals surface area contributed by atoms with Crippen molar-refractivity contribution in [3.05, 3.63) is 32.7 Å². The predicted molar refractivity (Wildman–Crippen MR) is 79.5 cm³/mol. The van der Waals surface area contributed by atoms with Gasteiger partial charge in [0.05, 0.1) is 5.56 Å². The highest BCUT2D eigenvalue weighted by atomic mass is 79.9. The minimum absolute atomic E-state index is 0.0643. The number of hydrogen-bond acceptors (Lipinski definition) is 2. The van der Waals surface area contributed by atoms with Crippen molar-refractivity contribution in [2.45, 2.75) is 37.8 Å². The Kier molecular flexibility index (Phi) is 4.81. The van der Waals surface area contributed by atoms with Crippen LogP contribution in [0.2, 0.25) is 0 Å². The first kappa shape index (κ1) is 14.0.